The van der Waals surface area contributed by atoms with Crippen LogP contribution in [0.3, 0.4) is 0 Å². The normalized spacial score (nSPS) is 13.6. The summed E-state index contributed by atoms with van der Waals surface area (Å²) in [5.41, 5.74) is 17.5. The second kappa shape index (κ2) is 27.9. The molecule has 0 atom stereocenters. The molecule has 2 aliphatic carbocycles. The van der Waals surface area contributed by atoms with Gasteiger partial charge in [0.15, 0.2) is 0 Å². The third-order valence-electron chi connectivity index (χ3n) is 16.1. The Labute approximate surface area is 418 Å². The number of benzene rings is 5. The molecule has 0 N–H and O–H groups in total. The van der Waals surface area contributed by atoms with Crippen molar-refractivity contribution in [2.24, 2.45) is 0 Å². The Morgan fingerprint density at radius 2 is 0.603 bits per heavy atom. The Kier molecular flexibility index (Phi) is 21.9. The molecule has 5 aromatic rings. The van der Waals surface area contributed by atoms with E-state index in [1.807, 2.05) is 13.8 Å². The lowest BCUT2D eigenvalue weighted by Crippen LogP contribution is -2.26. The van der Waals surface area contributed by atoms with Gasteiger partial charge in [-0.3, -0.25) is 0 Å². The number of anilines is 3. The van der Waals surface area contributed by atoms with Gasteiger partial charge in [0, 0.05) is 27.9 Å². The van der Waals surface area contributed by atoms with E-state index < -0.39 is 0 Å². The fourth-order valence-electron chi connectivity index (χ4n) is 12.5. The van der Waals surface area contributed by atoms with Gasteiger partial charge in [-0.05, 0) is 114 Å². The molecule has 0 fully saturated rings. The van der Waals surface area contributed by atoms with Crippen LogP contribution in [-0.4, -0.2) is 0 Å². The van der Waals surface area contributed by atoms with E-state index >= 15 is 0 Å². The summed E-state index contributed by atoms with van der Waals surface area (Å²) >= 11 is 0. The maximum atomic E-state index is 2.67. The first-order valence-electron chi connectivity index (χ1n) is 28.9. The van der Waals surface area contributed by atoms with Crippen molar-refractivity contribution in [2.75, 3.05) is 4.90 Å². The molecule has 0 radical (unpaired) electrons. The topological polar surface area (TPSA) is 3.24 Å². The highest BCUT2D eigenvalue weighted by molar-refractivity contribution is 5.88. The minimum atomic E-state index is 0.0411. The highest BCUT2D eigenvalue weighted by Crippen LogP contribution is 2.58. The Morgan fingerprint density at radius 3 is 0.956 bits per heavy atom. The molecule has 2 aliphatic rings. The van der Waals surface area contributed by atoms with Gasteiger partial charge in [-0.2, -0.15) is 0 Å². The van der Waals surface area contributed by atoms with E-state index in [1.54, 1.807) is 22.3 Å². The van der Waals surface area contributed by atoms with E-state index in [2.05, 4.69) is 149 Å². The highest BCUT2D eigenvalue weighted by Gasteiger charge is 2.44. The number of rotatable bonds is 31. The van der Waals surface area contributed by atoms with Crippen molar-refractivity contribution >= 4 is 17.1 Å². The summed E-state index contributed by atoms with van der Waals surface area (Å²) in [5.74, 6) is 0. The molecule has 0 aromatic heterocycles. The predicted octanol–water partition coefficient (Wildman–Crippen LogP) is 22.0. The fourth-order valence-corrected chi connectivity index (χ4v) is 12.5. The van der Waals surface area contributed by atoms with Crippen molar-refractivity contribution in [1.29, 1.82) is 0 Å². The average molecular weight is 915 g/mol. The molecule has 0 saturated carbocycles. The molecule has 0 amide bonds. The molecule has 1 heteroatoms. The number of hydrogen-bond donors (Lipinski definition) is 0. The molecule has 5 aromatic carbocycles. The van der Waals surface area contributed by atoms with Crippen LogP contribution in [0, 0.1) is 6.92 Å². The largest absolute Gasteiger partial charge is 0.310 e. The average Bonchev–Trinajstić information content (AvgIpc) is 3.80. The summed E-state index contributed by atoms with van der Waals surface area (Å²) in [6.45, 7) is 15.6. The van der Waals surface area contributed by atoms with Gasteiger partial charge in [0.1, 0.15) is 0 Å². The van der Waals surface area contributed by atoms with E-state index in [9.17, 15) is 0 Å². The number of aryl methyl sites for hydroxylation is 1. The van der Waals surface area contributed by atoms with E-state index in [4.69, 9.17) is 0 Å². The van der Waals surface area contributed by atoms with E-state index in [0.717, 1.165) is 0 Å². The van der Waals surface area contributed by atoms with Crippen LogP contribution in [0.15, 0.2) is 109 Å². The van der Waals surface area contributed by atoms with E-state index in [1.165, 1.54) is 225 Å². The second-order valence-electron chi connectivity index (χ2n) is 21.0. The molecule has 0 aliphatic heterocycles. The zero-order chi connectivity index (χ0) is 48.0. The van der Waals surface area contributed by atoms with Gasteiger partial charge in [0.25, 0.3) is 0 Å². The molecule has 0 saturated heterocycles. The number of unbranched alkanes of at least 4 members (excludes halogenated alkanes) is 20. The molecule has 68 heavy (non-hydrogen) atoms. The Balaban J connectivity index is 0.00000376. The Hall–Kier alpha value is -4.10. The zero-order valence-electron chi connectivity index (χ0n) is 44.6. The van der Waals surface area contributed by atoms with Crippen LogP contribution in [0.5, 0.6) is 0 Å². The van der Waals surface area contributed by atoms with Crippen molar-refractivity contribution in [2.45, 2.75) is 239 Å². The van der Waals surface area contributed by atoms with Crippen molar-refractivity contribution in [3.05, 3.63) is 137 Å². The molecule has 7 rings (SSSR count). The van der Waals surface area contributed by atoms with Crippen LogP contribution in [0.25, 0.3) is 22.3 Å². The Morgan fingerprint density at radius 1 is 0.309 bits per heavy atom. The van der Waals surface area contributed by atoms with Crippen molar-refractivity contribution in [3.63, 3.8) is 0 Å². The molecule has 368 valence electrons. The SMILES string of the molecule is CC.CCCCCCCCC1(CCCCCCCC)c2ccccc2-c2ccc(N(c3ccc(C)cc3)c3ccc4c(c3)C(CCCCCCCC)(CCCCCCCC)c3ccccc3-4)cc21. The minimum Gasteiger partial charge on any atom is -0.310 e. The smallest absolute Gasteiger partial charge is 0.0465 e. The summed E-state index contributed by atoms with van der Waals surface area (Å²) in [6.07, 6.45) is 37.1. The summed E-state index contributed by atoms with van der Waals surface area (Å²) in [6, 6.07) is 43.8. The monoisotopic (exact) mass is 914 g/mol. The lowest BCUT2D eigenvalue weighted by atomic mass is 9.70. The lowest BCUT2D eigenvalue weighted by Gasteiger charge is -2.35. The molecule has 1 nitrogen and oxygen atoms in total. The Bertz CT molecular complexity index is 2040. The third kappa shape index (κ3) is 12.8. The van der Waals surface area contributed by atoms with E-state index in [0.29, 0.717) is 0 Å². The van der Waals surface area contributed by atoms with Crippen molar-refractivity contribution < 1.29 is 0 Å². The van der Waals surface area contributed by atoms with Gasteiger partial charge in [-0.1, -0.05) is 274 Å². The zero-order valence-corrected chi connectivity index (χ0v) is 44.6. The van der Waals surface area contributed by atoms with Gasteiger partial charge < -0.3 is 4.90 Å². The first kappa shape index (κ1) is 53.3. The number of hydrogen-bond acceptors (Lipinski definition) is 1. The first-order chi connectivity index (χ1) is 33.5. The van der Waals surface area contributed by atoms with Gasteiger partial charge in [-0.25, -0.2) is 0 Å². The minimum absolute atomic E-state index is 0.0411. The maximum Gasteiger partial charge on any atom is 0.0465 e. The maximum absolute atomic E-state index is 2.67. The van der Waals surface area contributed by atoms with Gasteiger partial charge in [-0.15, -0.1) is 0 Å². The summed E-state index contributed by atoms with van der Waals surface area (Å²) in [4.78, 5) is 2.63. The van der Waals surface area contributed by atoms with Crippen LogP contribution >= 0.6 is 0 Å². The molecule has 0 unspecified atom stereocenters. The van der Waals surface area contributed by atoms with Gasteiger partial charge in [0.05, 0.1) is 0 Å². The first-order valence-corrected chi connectivity index (χ1v) is 28.9. The molecule has 0 bridgehead atoms. The summed E-state index contributed by atoms with van der Waals surface area (Å²) in [5, 5.41) is 0. The van der Waals surface area contributed by atoms with E-state index in [-0.39, 0.29) is 10.8 Å². The van der Waals surface area contributed by atoms with Crippen molar-refractivity contribution in [3.8, 4) is 22.3 Å². The standard InChI is InChI=1S/C65H89N.C2H6/c1-6-10-14-18-22-30-46-64(47-31-23-19-15-11-7-2)60-36-28-26-34-56(60)58-44-42-54(50-62(58)64)66(53-40-38-52(5)39-41-53)55-43-45-59-57-35-27-29-37-61(57)65(63(59)51-55,48-32-24-20-16-12-8-3)49-33-25-21-17-13-9-4;1-2/h26-29,34-45,50-51H,6-25,30-33,46-49H2,1-5H3;1-2H3. The molecular weight excluding hydrogens is 819 g/mol. The summed E-state index contributed by atoms with van der Waals surface area (Å²) in [7, 11) is 0. The molecule has 0 heterocycles. The predicted molar refractivity (Wildman–Crippen MR) is 302 cm³/mol. The van der Waals surface area contributed by atoms with Crippen molar-refractivity contribution in [1.82, 2.24) is 0 Å². The third-order valence-corrected chi connectivity index (χ3v) is 16.1. The second-order valence-corrected chi connectivity index (χ2v) is 21.0. The van der Waals surface area contributed by atoms with Crippen LogP contribution < -0.4 is 4.90 Å². The lowest BCUT2D eigenvalue weighted by molar-refractivity contribution is 0.398. The molecule has 0 spiro atoms. The van der Waals surface area contributed by atoms with Crippen LogP contribution in [0.4, 0.5) is 17.1 Å². The van der Waals surface area contributed by atoms with Crippen LogP contribution in [0.1, 0.15) is 249 Å². The highest BCUT2D eigenvalue weighted by atomic mass is 15.1. The quantitative estimate of drug-likeness (QED) is 0.0401. The van der Waals surface area contributed by atoms with Crippen LogP contribution in [-0.2, 0) is 10.8 Å². The molecular formula is C67H95N. The summed E-state index contributed by atoms with van der Waals surface area (Å²) < 4.78 is 0. The number of nitrogens with zero attached hydrogens (tertiary/aromatic N) is 1. The van der Waals surface area contributed by atoms with Crippen LogP contribution in [0.2, 0.25) is 0 Å². The van der Waals surface area contributed by atoms with Gasteiger partial charge >= 0.3 is 0 Å². The fraction of sp³-hybridized carbons (Fsp3) is 0.552. The van der Waals surface area contributed by atoms with Gasteiger partial charge in [0.2, 0.25) is 0 Å². The number of fused-ring (bicyclic) bond motifs is 6.